The fourth-order valence-electron chi connectivity index (χ4n) is 0.515. The van der Waals surface area contributed by atoms with Crippen LogP contribution in [0, 0.1) is 0 Å². The van der Waals surface area contributed by atoms with Gasteiger partial charge in [0.2, 0.25) is 5.91 Å². The minimum Gasteiger partial charge on any atom is -0.302 e. The Morgan fingerprint density at radius 1 is 1.33 bits per heavy atom. The number of aliphatic imine (C=N–C) groups is 2. The molecule has 0 rings (SSSR count). The Morgan fingerprint density at radius 2 is 1.75 bits per heavy atom. The number of hydrogen-bond acceptors (Lipinski definition) is 3. The summed E-state index contributed by atoms with van der Waals surface area (Å²) in [5.74, 6) is 4.56. The van der Waals surface area contributed by atoms with Crippen molar-refractivity contribution < 1.29 is 4.79 Å². The fraction of sp³-hybridized carbons (Fsp3) is 0.375. The molecule has 0 N–H and O–H groups in total. The minimum atomic E-state index is -0.104. The molecule has 0 aromatic heterocycles. The standard InChI is InChI=1S/C8H11N3O/c1-4-9-6-11(8(3)12)7-10-5-2/h1-2,6-7H2,3H3. The van der Waals surface area contributed by atoms with Crippen molar-refractivity contribution in [2.45, 2.75) is 6.92 Å². The SMILES string of the molecule is C=C=NCN(CN=C=C)C(C)=O. The molecule has 0 unspecified atom stereocenters. The Labute approximate surface area is 71.6 Å². The second kappa shape index (κ2) is 6.10. The molecule has 0 radical (unpaired) electrons. The summed E-state index contributed by atoms with van der Waals surface area (Å²) in [5, 5.41) is 0. The molecule has 0 saturated carbocycles. The predicted octanol–water partition coefficient (Wildman–Crippen LogP) is 0.461. The normalized spacial score (nSPS) is 7.75. The van der Waals surface area contributed by atoms with Crippen LogP contribution in [-0.2, 0) is 4.79 Å². The molecule has 4 heteroatoms. The second-order valence-electron chi connectivity index (χ2n) is 1.97. The number of amides is 1. The average Bonchev–Trinajstić information content (AvgIpc) is 2.04. The van der Waals surface area contributed by atoms with E-state index in [4.69, 9.17) is 0 Å². The van der Waals surface area contributed by atoms with E-state index in [0.29, 0.717) is 0 Å². The van der Waals surface area contributed by atoms with E-state index in [0.717, 1.165) is 0 Å². The summed E-state index contributed by atoms with van der Waals surface area (Å²) in [6.07, 6.45) is 0. The number of rotatable bonds is 4. The molecule has 1 amide bonds. The second-order valence-corrected chi connectivity index (χ2v) is 1.97. The van der Waals surface area contributed by atoms with Crippen LogP contribution < -0.4 is 0 Å². The van der Waals surface area contributed by atoms with Crippen molar-refractivity contribution in [3.8, 4) is 0 Å². The lowest BCUT2D eigenvalue weighted by Gasteiger charge is -2.13. The number of carbonyl (C=O) groups excluding carboxylic acids is 1. The summed E-state index contributed by atoms with van der Waals surface area (Å²) in [7, 11) is 0. The molecule has 0 heterocycles. The third kappa shape index (κ3) is 4.23. The molecular weight excluding hydrogens is 154 g/mol. The monoisotopic (exact) mass is 165 g/mol. The van der Waals surface area contributed by atoms with Crippen LogP contribution in [0.15, 0.2) is 23.1 Å². The zero-order valence-electron chi connectivity index (χ0n) is 7.08. The van der Waals surface area contributed by atoms with E-state index in [9.17, 15) is 4.79 Å². The van der Waals surface area contributed by atoms with E-state index in [1.54, 1.807) is 0 Å². The number of carbonyl (C=O) groups is 1. The van der Waals surface area contributed by atoms with Gasteiger partial charge in [0.05, 0.1) is 0 Å². The van der Waals surface area contributed by atoms with Gasteiger partial charge in [-0.05, 0) is 24.9 Å². The lowest BCUT2D eigenvalue weighted by Crippen LogP contribution is -2.28. The van der Waals surface area contributed by atoms with Crippen molar-refractivity contribution in [1.82, 2.24) is 4.90 Å². The van der Waals surface area contributed by atoms with Gasteiger partial charge in [-0.25, -0.2) is 9.98 Å². The quantitative estimate of drug-likeness (QED) is 0.558. The van der Waals surface area contributed by atoms with E-state index in [1.807, 2.05) is 0 Å². The van der Waals surface area contributed by atoms with Gasteiger partial charge < -0.3 is 4.90 Å². The average molecular weight is 165 g/mol. The summed E-state index contributed by atoms with van der Waals surface area (Å²) < 4.78 is 0. The molecule has 64 valence electrons. The Kier molecular flexibility index (Phi) is 5.28. The highest BCUT2D eigenvalue weighted by atomic mass is 16.2. The molecule has 0 fully saturated rings. The molecule has 0 aromatic rings. The lowest BCUT2D eigenvalue weighted by molar-refractivity contribution is -0.128. The zero-order chi connectivity index (χ0) is 9.40. The summed E-state index contributed by atoms with van der Waals surface area (Å²) in [6.45, 7) is 8.46. The van der Waals surface area contributed by atoms with Crippen LogP contribution in [-0.4, -0.2) is 35.9 Å². The van der Waals surface area contributed by atoms with Crippen molar-refractivity contribution >= 4 is 17.6 Å². The Morgan fingerprint density at radius 3 is 2.00 bits per heavy atom. The van der Waals surface area contributed by atoms with Crippen LogP contribution in [0.5, 0.6) is 0 Å². The van der Waals surface area contributed by atoms with Crippen molar-refractivity contribution in [3.05, 3.63) is 13.2 Å². The van der Waals surface area contributed by atoms with Gasteiger partial charge in [0, 0.05) is 6.92 Å². The van der Waals surface area contributed by atoms with Crippen LogP contribution in [0.4, 0.5) is 0 Å². The molecule has 0 atom stereocenters. The highest BCUT2D eigenvalue weighted by Gasteiger charge is 2.04. The van der Waals surface area contributed by atoms with Crippen LogP contribution in [0.3, 0.4) is 0 Å². The largest absolute Gasteiger partial charge is 0.302 e. The van der Waals surface area contributed by atoms with E-state index < -0.39 is 0 Å². The Bertz CT molecular complexity index is 227. The van der Waals surface area contributed by atoms with Crippen molar-refractivity contribution in [3.63, 3.8) is 0 Å². The van der Waals surface area contributed by atoms with E-state index in [-0.39, 0.29) is 19.2 Å². The summed E-state index contributed by atoms with van der Waals surface area (Å²) in [6, 6.07) is 0. The minimum absolute atomic E-state index is 0.104. The van der Waals surface area contributed by atoms with E-state index in [2.05, 4.69) is 34.9 Å². The first-order valence-electron chi connectivity index (χ1n) is 3.35. The summed E-state index contributed by atoms with van der Waals surface area (Å²) >= 11 is 0. The van der Waals surface area contributed by atoms with Gasteiger partial charge in [-0.15, -0.1) is 0 Å². The van der Waals surface area contributed by atoms with Crippen LogP contribution >= 0.6 is 0 Å². The first-order chi connectivity index (χ1) is 5.72. The maximum absolute atomic E-state index is 10.9. The predicted molar refractivity (Wildman–Crippen MR) is 48.4 cm³/mol. The third-order valence-electron chi connectivity index (χ3n) is 1.15. The fourth-order valence-corrected chi connectivity index (χ4v) is 0.515. The van der Waals surface area contributed by atoms with Gasteiger partial charge in [-0.1, -0.05) is 0 Å². The molecule has 4 nitrogen and oxygen atoms in total. The van der Waals surface area contributed by atoms with Gasteiger partial charge in [-0.3, -0.25) is 4.79 Å². The molecular formula is C8H11N3O. The van der Waals surface area contributed by atoms with Gasteiger partial charge >= 0.3 is 0 Å². The van der Waals surface area contributed by atoms with Crippen LogP contribution in [0.25, 0.3) is 0 Å². The first-order valence-corrected chi connectivity index (χ1v) is 3.35. The Hall–Kier alpha value is -1.63. The maximum atomic E-state index is 10.9. The van der Waals surface area contributed by atoms with E-state index >= 15 is 0 Å². The molecule has 0 aliphatic rings. The highest BCUT2D eigenvalue weighted by molar-refractivity contribution is 5.73. The molecule has 0 aromatic carbocycles. The van der Waals surface area contributed by atoms with Crippen LogP contribution in [0.2, 0.25) is 0 Å². The highest BCUT2D eigenvalue weighted by Crippen LogP contribution is 1.88. The molecule has 0 aliphatic heterocycles. The van der Waals surface area contributed by atoms with Crippen molar-refractivity contribution in [1.29, 1.82) is 0 Å². The zero-order valence-corrected chi connectivity index (χ0v) is 7.08. The number of nitrogens with zero attached hydrogens (tertiary/aromatic N) is 3. The van der Waals surface area contributed by atoms with Crippen molar-refractivity contribution in [2.24, 2.45) is 9.98 Å². The lowest BCUT2D eigenvalue weighted by atomic mass is 10.6. The Balaban J connectivity index is 4.12. The summed E-state index contributed by atoms with van der Waals surface area (Å²) in [5.41, 5.74) is 0. The molecule has 0 aliphatic carbocycles. The molecule has 12 heavy (non-hydrogen) atoms. The van der Waals surface area contributed by atoms with Gasteiger partial charge in [-0.2, -0.15) is 0 Å². The topological polar surface area (TPSA) is 45.0 Å². The third-order valence-corrected chi connectivity index (χ3v) is 1.15. The summed E-state index contributed by atoms with van der Waals surface area (Å²) in [4.78, 5) is 19.6. The first kappa shape index (κ1) is 10.4. The molecule has 0 saturated heterocycles. The maximum Gasteiger partial charge on any atom is 0.222 e. The van der Waals surface area contributed by atoms with Crippen LogP contribution in [0.1, 0.15) is 6.92 Å². The molecule has 0 spiro atoms. The number of hydrogen-bond donors (Lipinski definition) is 0. The molecule has 0 bridgehead atoms. The smallest absolute Gasteiger partial charge is 0.222 e. The van der Waals surface area contributed by atoms with Crippen molar-refractivity contribution in [2.75, 3.05) is 13.3 Å². The van der Waals surface area contributed by atoms with Gasteiger partial charge in [0.25, 0.3) is 0 Å². The van der Waals surface area contributed by atoms with Gasteiger partial charge in [0.15, 0.2) is 0 Å². The van der Waals surface area contributed by atoms with E-state index in [1.165, 1.54) is 11.8 Å². The van der Waals surface area contributed by atoms with Gasteiger partial charge in [0.1, 0.15) is 13.3 Å².